The Bertz CT molecular complexity index is 998. The molecule has 2 aliphatic rings. The minimum Gasteiger partial charge on any atom is -0.481 e. The van der Waals surface area contributed by atoms with Crippen molar-refractivity contribution in [3.63, 3.8) is 0 Å². The molecule has 8 heteroatoms. The molecular weight excluding hydrogens is 424 g/mol. The van der Waals surface area contributed by atoms with E-state index in [2.05, 4.69) is 10.6 Å². The number of methoxy groups -OCH3 is 1. The topological polar surface area (TPSA) is 114 Å². The van der Waals surface area contributed by atoms with Crippen LogP contribution in [0, 0.1) is 0 Å². The van der Waals surface area contributed by atoms with Crippen LogP contribution < -0.4 is 10.6 Å². The number of benzene rings is 2. The highest BCUT2D eigenvalue weighted by Gasteiger charge is 2.38. The van der Waals surface area contributed by atoms with Gasteiger partial charge in [0.2, 0.25) is 5.91 Å². The number of amides is 2. The second-order valence-corrected chi connectivity index (χ2v) is 8.58. The number of carbonyl (C=O) groups is 3. The number of aliphatic carboxylic acids is 1. The summed E-state index contributed by atoms with van der Waals surface area (Å²) < 4.78 is 10.9. The predicted molar refractivity (Wildman–Crippen MR) is 121 cm³/mol. The summed E-state index contributed by atoms with van der Waals surface area (Å²) in [6.45, 7) is 0.346. The molecular formula is C25H28N2O6. The van der Waals surface area contributed by atoms with Crippen molar-refractivity contribution in [1.82, 2.24) is 10.6 Å². The van der Waals surface area contributed by atoms with Crippen molar-refractivity contribution in [3.05, 3.63) is 59.7 Å². The zero-order valence-corrected chi connectivity index (χ0v) is 18.5. The van der Waals surface area contributed by atoms with Crippen molar-refractivity contribution >= 4 is 18.0 Å². The summed E-state index contributed by atoms with van der Waals surface area (Å²) in [4.78, 5) is 36.4. The van der Waals surface area contributed by atoms with Crippen molar-refractivity contribution in [2.24, 2.45) is 0 Å². The smallest absolute Gasteiger partial charge is 0.407 e. The lowest BCUT2D eigenvalue weighted by Crippen LogP contribution is -2.54. The average Bonchev–Trinajstić information content (AvgIpc) is 3.10. The second-order valence-electron chi connectivity index (χ2n) is 8.58. The first-order chi connectivity index (χ1) is 15.9. The molecule has 2 amide bonds. The Morgan fingerprint density at radius 3 is 2.18 bits per heavy atom. The van der Waals surface area contributed by atoms with Gasteiger partial charge in [-0.2, -0.15) is 0 Å². The molecule has 0 heterocycles. The van der Waals surface area contributed by atoms with Crippen molar-refractivity contribution in [2.75, 3.05) is 20.3 Å². The molecule has 0 spiro atoms. The van der Waals surface area contributed by atoms with Crippen LogP contribution in [-0.4, -0.2) is 55.0 Å². The number of carbonyl (C=O) groups excluding carboxylic acids is 2. The van der Waals surface area contributed by atoms with Crippen LogP contribution in [0.3, 0.4) is 0 Å². The minimum atomic E-state index is -1.24. The van der Waals surface area contributed by atoms with Crippen LogP contribution in [0.5, 0.6) is 0 Å². The van der Waals surface area contributed by atoms with E-state index in [4.69, 9.17) is 9.47 Å². The Kier molecular flexibility index (Phi) is 6.65. The molecule has 2 aromatic rings. The Balaban J connectivity index is 1.38. The molecule has 1 fully saturated rings. The number of carboxylic acid groups (broad SMARTS) is 1. The van der Waals surface area contributed by atoms with E-state index in [0.29, 0.717) is 0 Å². The van der Waals surface area contributed by atoms with Crippen LogP contribution in [0.1, 0.15) is 42.7 Å². The van der Waals surface area contributed by atoms with E-state index in [1.807, 2.05) is 48.5 Å². The molecule has 0 radical (unpaired) electrons. The third kappa shape index (κ3) is 4.85. The summed E-state index contributed by atoms with van der Waals surface area (Å²) in [6, 6.07) is 14.7. The lowest BCUT2D eigenvalue weighted by atomic mass is 9.80. The van der Waals surface area contributed by atoms with Gasteiger partial charge in [0.25, 0.3) is 0 Å². The van der Waals surface area contributed by atoms with Crippen LogP contribution in [0.4, 0.5) is 4.79 Å². The summed E-state index contributed by atoms with van der Waals surface area (Å²) >= 11 is 0. The number of rotatable bonds is 9. The van der Waals surface area contributed by atoms with Gasteiger partial charge in [-0.3, -0.25) is 9.59 Å². The standard InChI is InChI=1S/C25H28N2O6/c1-32-25(11-6-12-25)15-26-23(30)21(13-22(28)29)27-24(31)33-14-20-18-9-4-2-7-16(18)17-8-3-5-10-19(17)20/h2-5,7-10,20-21H,6,11-15H2,1H3,(H,26,30)(H,27,31)(H,28,29). The van der Waals surface area contributed by atoms with Crippen LogP contribution in [0.25, 0.3) is 11.1 Å². The molecule has 1 saturated carbocycles. The molecule has 2 aromatic carbocycles. The van der Waals surface area contributed by atoms with Gasteiger partial charge >= 0.3 is 12.1 Å². The number of hydrogen-bond acceptors (Lipinski definition) is 5. The second kappa shape index (κ2) is 9.62. The molecule has 2 aliphatic carbocycles. The van der Waals surface area contributed by atoms with E-state index in [1.165, 1.54) is 0 Å². The van der Waals surface area contributed by atoms with Gasteiger partial charge < -0.3 is 25.2 Å². The SMILES string of the molecule is COC1(CNC(=O)C(CC(=O)O)NC(=O)OCC2c3ccccc3-c3ccccc32)CCC1. The van der Waals surface area contributed by atoms with Crippen molar-refractivity contribution < 1.29 is 29.0 Å². The highest BCUT2D eigenvalue weighted by atomic mass is 16.5. The zero-order chi connectivity index (χ0) is 23.4. The number of alkyl carbamates (subject to hydrolysis) is 1. The minimum absolute atomic E-state index is 0.0774. The van der Waals surface area contributed by atoms with E-state index in [1.54, 1.807) is 7.11 Å². The maximum atomic E-state index is 12.6. The van der Waals surface area contributed by atoms with Gasteiger partial charge in [-0.15, -0.1) is 0 Å². The summed E-state index contributed by atoms with van der Waals surface area (Å²) in [5.41, 5.74) is 3.93. The first kappa shape index (κ1) is 22.8. The van der Waals surface area contributed by atoms with Crippen LogP contribution in [-0.2, 0) is 19.1 Å². The highest BCUT2D eigenvalue weighted by Crippen LogP contribution is 2.44. The third-order valence-corrected chi connectivity index (χ3v) is 6.61. The van der Waals surface area contributed by atoms with E-state index < -0.39 is 36.0 Å². The van der Waals surface area contributed by atoms with E-state index in [0.717, 1.165) is 41.5 Å². The highest BCUT2D eigenvalue weighted by molar-refractivity contribution is 5.89. The summed E-state index contributed by atoms with van der Waals surface area (Å²) in [7, 11) is 1.59. The molecule has 174 valence electrons. The zero-order valence-electron chi connectivity index (χ0n) is 18.5. The van der Waals surface area contributed by atoms with E-state index >= 15 is 0 Å². The van der Waals surface area contributed by atoms with Crippen molar-refractivity contribution in [3.8, 4) is 11.1 Å². The molecule has 0 aromatic heterocycles. The van der Waals surface area contributed by atoms with Gasteiger partial charge in [-0.05, 0) is 41.5 Å². The van der Waals surface area contributed by atoms with Crippen LogP contribution >= 0.6 is 0 Å². The summed E-state index contributed by atoms with van der Waals surface area (Å²) in [6.07, 6.45) is 1.29. The maximum Gasteiger partial charge on any atom is 0.407 e. The number of ether oxygens (including phenoxy) is 2. The fraction of sp³-hybridized carbons (Fsp3) is 0.400. The lowest BCUT2D eigenvalue weighted by Gasteiger charge is -2.40. The van der Waals surface area contributed by atoms with Gasteiger partial charge in [0.15, 0.2) is 0 Å². The fourth-order valence-electron chi connectivity index (χ4n) is 4.56. The summed E-state index contributed by atoms with van der Waals surface area (Å²) in [5, 5.41) is 14.3. The van der Waals surface area contributed by atoms with Crippen molar-refractivity contribution in [2.45, 2.75) is 43.2 Å². The van der Waals surface area contributed by atoms with Gasteiger partial charge in [0, 0.05) is 19.6 Å². The normalized spacial score (nSPS) is 16.6. The molecule has 33 heavy (non-hydrogen) atoms. The molecule has 3 N–H and O–H groups in total. The number of fused-ring (bicyclic) bond motifs is 3. The average molecular weight is 453 g/mol. The number of carboxylic acids is 1. The third-order valence-electron chi connectivity index (χ3n) is 6.61. The molecule has 0 bridgehead atoms. The van der Waals surface area contributed by atoms with Gasteiger partial charge in [-0.1, -0.05) is 48.5 Å². The van der Waals surface area contributed by atoms with Gasteiger partial charge in [-0.25, -0.2) is 4.79 Å². The molecule has 1 unspecified atom stereocenters. The van der Waals surface area contributed by atoms with E-state index in [-0.39, 0.29) is 19.1 Å². The first-order valence-electron chi connectivity index (χ1n) is 11.1. The Morgan fingerprint density at radius 1 is 1.06 bits per heavy atom. The molecule has 0 saturated heterocycles. The maximum absolute atomic E-state index is 12.6. The van der Waals surface area contributed by atoms with Crippen LogP contribution in [0.2, 0.25) is 0 Å². The van der Waals surface area contributed by atoms with Gasteiger partial charge in [0.1, 0.15) is 12.6 Å². The Hall–Kier alpha value is -3.39. The van der Waals surface area contributed by atoms with Crippen molar-refractivity contribution in [1.29, 1.82) is 0 Å². The quantitative estimate of drug-likeness (QED) is 0.539. The number of nitrogens with one attached hydrogen (secondary N) is 2. The molecule has 4 rings (SSSR count). The fourth-order valence-corrected chi connectivity index (χ4v) is 4.56. The predicted octanol–water partition coefficient (Wildman–Crippen LogP) is 3.05. The lowest BCUT2D eigenvalue weighted by molar-refractivity contribution is -0.140. The largest absolute Gasteiger partial charge is 0.481 e. The Labute approximate surface area is 192 Å². The van der Waals surface area contributed by atoms with Gasteiger partial charge in [0.05, 0.1) is 12.0 Å². The Morgan fingerprint density at radius 2 is 1.67 bits per heavy atom. The molecule has 8 nitrogen and oxygen atoms in total. The first-order valence-corrected chi connectivity index (χ1v) is 11.1. The van der Waals surface area contributed by atoms with Crippen LogP contribution in [0.15, 0.2) is 48.5 Å². The van der Waals surface area contributed by atoms with E-state index in [9.17, 15) is 19.5 Å². The number of hydrogen-bond donors (Lipinski definition) is 3. The summed E-state index contributed by atoms with van der Waals surface area (Å²) in [5.74, 6) is -1.90. The monoisotopic (exact) mass is 452 g/mol. The molecule has 1 atom stereocenters. The molecule has 0 aliphatic heterocycles.